The number of aromatic carboxylic acids is 1. The summed E-state index contributed by atoms with van der Waals surface area (Å²) in [7, 11) is 0. The van der Waals surface area contributed by atoms with Gasteiger partial charge in [0.15, 0.2) is 0 Å². The van der Waals surface area contributed by atoms with Crippen LogP contribution >= 0.6 is 0 Å². The number of hydrogen-bond donors (Lipinski definition) is 1. The molecule has 4 aliphatic rings. The summed E-state index contributed by atoms with van der Waals surface area (Å²) >= 11 is 0. The fraction of sp³-hybridized carbons (Fsp3) is 0.481. The van der Waals surface area contributed by atoms with Crippen molar-refractivity contribution in [2.45, 2.75) is 142 Å². The third-order valence-corrected chi connectivity index (χ3v) is 16.1. The second kappa shape index (κ2) is 16.1. The first-order valence-electron chi connectivity index (χ1n) is 22.8. The lowest BCUT2D eigenvalue weighted by atomic mass is 9.49. The molecule has 4 aliphatic carbocycles. The fourth-order valence-electron chi connectivity index (χ4n) is 12.7. The molecule has 2 fully saturated rings. The summed E-state index contributed by atoms with van der Waals surface area (Å²) in [6.45, 7) is 17.4. The first-order chi connectivity index (χ1) is 29.4. The van der Waals surface area contributed by atoms with Crippen molar-refractivity contribution >= 4 is 24.4 Å². The number of fused-ring (bicyclic) bond motifs is 6. The number of carbonyl (C=O) groups is 4. The lowest BCUT2D eigenvalue weighted by Crippen LogP contribution is -2.53. The van der Waals surface area contributed by atoms with Gasteiger partial charge in [-0.05, 0) is 181 Å². The molecule has 4 aromatic carbocycles. The molecule has 8 nitrogen and oxygen atoms in total. The van der Waals surface area contributed by atoms with Crippen LogP contribution in [0.15, 0.2) is 72.8 Å². The highest BCUT2D eigenvalue weighted by Gasteiger charge is 2.57. The maximum absolute atomic E-state index is 14.2. The van der Waals surface area contributed by atoms with Crippen LogP contribution in [0.3, 0.4) is 0 Å². The number of ether oxygens (including phenoxy) is 3. The maximum atomic E-state index is 14.2. The van der Waals surface area contributed by atoms with Gasteiger partial charge < -0.3 is 19.3 Å². The highest BCUT2D eigenvalue weighted by atomic mass is 16.5. The molecule has 4 aromatic rings. The second-order valence-corrected chi connectivity index (χ2v) is 20.4. The molecule has 0 aromatic heterocycles. The van der Waals surface area contributed by atoms with Gasteiger partial charge in [0, 0.05) is 0 Å². The Morgan fingerprint density at radius 2 is 1.06 bits per heavy atom. The largest absolute Gasteiger partial charge is 0.478 e. The van der Waals surface area contributed by atoms with Crippen molar-refractivity contribution in [3.05, 3.63) is 112 Å². The summed E-state index contributed by atoms with van der Waals surface area (Å²) in [4.78, 5) is 52.2. The lowest BCUT2D eigenvalue weighted by molar-refractivity contribution is -0.155. The van der Waals surface area contributed by atoms with Gasteiger partial charge in [-0.15, -0.1) is 0 Å². The lowest BCUT2D eigenvalue weighted by Gasteiger charge is -2.54. The Bertz CT molecular complexity index is 2410. The average Bonchev–Trinajstić information content (AvgIpc) is 3.23. The first-order valence-corrected chi connectivity index (χ1v) is 22.8. The molecule has 0 aliphatic heterocycles. The molecule has 62 heavy (non-hydrogen) atoms. The van der Waals surface area contributed by atoms with Gasteiger partial charge in [-0.1, -0.05) is 90.8 Å². The van der Waals surface area contributed by atoms with E-state index >= 15 is 0 Å². The van der Waals surface area contributed by atoms with Gasteiger partial charge in [0.05, 0.1) is 16.4 Å². The molecule has 0 saturated heterocycles. The van der Waals surface area contributed by atoms with E-state index < -0.39 is 16.8 Å². The van der Waals surface area contributed by atoms with Crippen LogP contribution in [-0.4, -0.2) is 29.5 Å². The van der Waals surface area contributed by atoms with Crippen LogP contribution in [0.4, 0.5) is 0 Å². The van der Waals surface area contributed by atoms with Crippen LogP contribution in [0, 0.1) is 22.7 Å². The van der Waals surface area contributed by atoms with Crippen LogP contribution in [0.25, 0.3) is 11.1 Å². The van der Waals surface area contributed by atoms with E-state index in [4.69, 9.17) is 14.2 Å². The third-order valence-electron chi connectivity index (χ3n) is 16.1. The fourth-order valence-corrected chi connectivity index (χ4v) is 12.7. The zero-order valence-corrected chi connectivity index (χ0v) is 37.7. The molecular formula is C54H62O8. The Hall–Kier alpha value is -5.24. The zero-order chi connectivity index (χ0) is 44.4. The Kier molecular flexibility index (Phi) is 11.3. The highest BCUT2D eigenvalue weighted by Crippen LogP contribution is 2.60. The van der Waals surface area contributed by atoms with Crippen molar-refractivity contribution in [2.24, 2.45) is 22.7 Å². The van der Waals surface area contributed by atoms with Crippen molar-refractivity contribution in [1.29, 1.82) is 0 Å². The summed E-state index contributed by atoms with van der Waals surface area (Å²) in [5.41, 5.74) is 6.87. The predicted octanol–water partition coefficient (Wildman–Crippen LogP) is 12.1. The molecule has 6 unspecified atom stereocenters. The van der Waals surface area contributed by atoms with Gasteiger partial charge in [0.25, 0.3) is 6.47 Å². The Morgan fingerprint density at radius 3 is 1.48 bits per heavy atom. The number of hydrogen-bond acceptors (Lipinski definition) is 7. The number of aryl methyl sites for hydroxylation is 2. The Morgan fingerprint density at radius 1 is 0.629 bits per heavy atom. The molecule has 0 radical (unpaired) electrons. The molecule has 1 N–H and O–H groups in total. The number of benzene rings is 4. The molecule has 0 spiro atoms. The second-order valence-electron chi connectivity index (χ2n) is 20.4. The standard InChI is InChI=1S/C54H62O8/c1-32(2)40-27-36-15-21-46-51(5,43(36)29-42(40)48(56)57)23-9-25-53(46,7)49(58)61-38-17-11-34(12-18-38)35-13-19-39(20-14-35)62-50(59)54(8)26-10-24-52(6)44-30-45(60-31-55)41(33(3)4)28-37(44)16-22-47(52)54/h11-14,17-20,27-33,46-47H,9-10,15-16,21-26H2,1-8H3,(H,56,57). The minimum Gasteiger partial charge on any atom is -0.478 e. The minimum atomic E-state index is -0.907. The normalized spacial score (nSPS) is 27.6. The van der Waals surface area contributed by atoms with Gasteiger partial charge in [-0.3, -0.25) is 14.4 Å². The van der Waals surface area contributed by atoms with E-state index in [1.54, 1.807) is 0 Å². The van der Waals surface area contributed by atoms with Crippen LogP contribution in [0.1, 0.15) is 162 Å². The van der Waals surface area contributed by atoms with Crippen LogP contribution in [0.2, 0.25) is 0 Å². The smallest absolute Gasteiger partial charge is 0.335 e. The minimum absolute atomic E-state index is 0.0161. The molecule has 6 atom stereocenters. The van der Waals surface area contributed by atoms with E-state index in [-0.39, 0.29) is 46.4 Å². The monoisotopic (exact) mass is 838 g/mol. The Labute approximate surface area is 366 Å². The summed E-state index contributed by atoms with van der Waals surface area (Å²) < 4.78 is 17.8. The van der Waals surface area contributed by atoms with E-state index in [2.05, 4.69) is 52.8 Å². The topological polar surface area (TPSA) is 116 Å². The van der Waals surface area contributed by atoms with Gasteiger partial charge in [0.1, 0.15) is 17.2 Å². The van der Waals surface area contributed by atoms with Crippen molar-refractivity contribution in [3.8, 4) is 28.4 Å². The number of rotatable bonds is 10. The van der Waals surface area contributed by atoms with Crippen molar-refractivity contribution in [1.82, 2.24) is 0 Å². The van der Waals surface area contributed by atoms with Gasteiger partial charge >= 0.3 is 17.9 Å². The molecule has 2 saturated carbocycles. The van der Waals surface area contributed by atoms with E-state index in [0.29, 0.717) is 29.3 Å². The Balaban J connectivity index is 0.943. The number of carbonyl (C=O) groups excluding carboxylic acids is 3. The van der Waals surface area contributed by atoms with Gasteiger partial charge in [-0.2, -0.15) is 0 Å². The van der Waals surface area contributed by atoms with Crippen LogP contribution in [-0.2, 0) is 38.1 Å². The van der Waals surface area contributed by atoms with E-state index in [0.717, 1.165) is 92.0 Å². The molecule has 326 valence electrons. The zero-order valence-electron chi connectivity index (χ0n) is 37.7. The molecular weight excluding hydrogens is 777 g/mol. The summed E-state index contributed by atoms with van der Waals surface area (Å²) in [6.07, 6.45) is 8.44. The summed E-state index contributed by atoms with van der Waals surface area (Å²) in [5, 5.41) is 10.1. The number of esters is 2. The van der Waals surface area contributed by atoms with Crippen molar-refractivity contribution in [3.63, 3.8) is 0 Å². The van der Waals surface area contributed by atoms with Gasteiger partial charge in [0.2, 0.25) is 0 Å². The van der Waals surface area contributed by atoms with E-state index in [1.165, 1.54) is 16.7 Å². The quantitative estimate of drug-likeness (QED) is 0.0953. The SMILES string of the molecule is CC(C)c1cc2c(cc1OC=O)C1(C)CCCC(C)(C(=O)Oc3ccc(-c4ccc(OC(=O)C5(C)CCCC6(C)c7cc(C(=O)O)c(C(C)C)cc7CCC56)cc4)cc3)C1CC2. The van der Waals surface area contributed by atoms with E-state index in [1.807, 2.05) is 75.4 Å². The van der Waals surface area contributed by atoms with Crippen molar-refractivity contribution in [2.75, 3.05) is 0 Å². The van der Waals surface area contributed by atoms with Crippen LogP contribution in [0.5, 0.6) is 17.2 Å². The maximum Gasteiger partial charge on any atom is 0.335 e. The average molecular weight is 839 g/mol. The summed E-state index contributed by atoms with van der Waals surface area (Å²) in [6, 6.07) is 23.4. The molecule has 8 heteroatoms. The third kappa shape index (κ3) is 7.25. The molecule has 0 heterocycles. The highest BCUT2D eigenvalue weighted by molar-refractivity contribution is 5.90. The van der Waals surface area contributed by atoms with Crippen molar-refractivity contribution < 1.29 is 38.5 Å². The predicted molar refractivity (Wildman–Crippen MR) is 240 cm³/mol. The number of carboxylic acid groups (broad SMARTS) is 1. The first kappa shape index (κ1) is 43.4. The molecule has 0 bridgehead atoms. The van der Waals surface area contributed by atoms with E-state index in [9.17, 15) is 24.3 Å². The summed E-state index contributed by atoms with van der Waals surface area (Å²) in [5.74, 6) is 0.620. The number of carboxylic acids is 1. The molecule has 8 rings (SSSR count). The van der Waals surface area contributed by atoms with Crippen LogP contribution < -0.4 is 14.2 Å². The van der Waals surface area contributed by atoms with Gasteiger partial charge in [-0.25, -0.2) is 4.79 Å². The molecule has 0 amide bonds.